The van der Waals surface area contributed by atoms with E-state index in [0.717, 1.165) is 49.7 Å². The first-order valence-electron chi connectivity index (χ1n) is 14.7. The fourth-order valence-corrected chi connectivity index (χ4v) is 8.24. The number of fused-ring (bicyclic) bond motifs is 2. The van der Waals surface area contributed by atoms with E-state index < -0.39 is 35.5 Å². The Kier molecular flexibility index (Phi) is 5.88. The summed E-state index contributed by atoms with van der Waals surface area (Å²) in [5.74, 6) is -3.75. The minimum absolute atomic E-state index is 0.0292. The fraction of sp³-hybridized carbons (Fsp3) is 0.586. The van der Waals surface area contributed by atoms with Gasteiger partial charge in [-0.15, -0.1) is 0 Å². The van der Waals surface area contributed by atoms with E-state index in [-0.39, 0.29) is 42.7 Å². The van der Waals surface area contributed by atoms with Gasteiger partial charge in [0.05, 0.1) is 36.3 Å². The first-order chi connectivity index (χ1) is 19.6. The summed E-state index contributed by atoms with van der Waals surface area (Å²) >= 11 is 0. The number of carbonyl (C=O) groups excluding carboxylic acids is 3. The van der Waals surface area contributed by atoms with Crippen LogP contribution in [-0.4, -0.2) is 86.4 Å². The number of amides is 3. The third-order valence-electron chi connectivity index (χ3n) is 10.2. The largest absolute Gasteiger partial charge is 0.363 e. The lowest BCUT2D eigenvalue weighted by Gasteiger charge is -2.51. The highest BCUT2D eigenvalue weighted by molar-refractivity contribution is 6.05. The molecular formula is C29H37N7O5. The smallest absolute Gasteiger partial charge is 0.252 e. The topological polar surface area (TPSA) is 170 Å². The van der Waals surface area contributed by atoms with Crippen LogP contribution in [0.25, 0.3) is 0 Å². The van der Waals surface area contributed by atoms with Crippen molar-refractivity contribution in [2.45, 2.75) is 80.9 Å². The maximum absolute atomic E-state index is 13.5. The predicted octanol–water partition coefficient (Wildman–Crippen LogP) is -0.529. The number of hydrogen-bond donors (Lipinski definition) is 7. The summed E-state index contributed by atoms with van der Waals surface area (Å²) in [5.41, 5.74) is 0.984. The summed E-state index contributed by atoms with van der Waals surface area (Å²) in [4.78, 5) is 42.8. The van der Waals surface area contributed by atoms with Crippen molar-refractivity contribution in [3.05, 3.63) is 47.3 Å². The van der Waals surface area contributed by atoms with Gasteiger partial charge >= 0.3 is 0 Å². The molecule has 3 amide bonds. The molecule has 0 bridgehead atoms. The Morgan fingerprint density at radius 3 is 2.51 bits per heavy atom. The van der Waals surface area contributed by atoms with Crippen LogP contribution in [0.2, 0.25) is 0 Å². The first-order valence-corrected chi connectivity index (χ1v) is 14.7. The molecule has 7 rings (SSSR count). The number of nitrogens with one attached hydrogen (secondary N) is 5. The van der Waals surface area contributed by atoms with Gasteiger partial charge in [-0.3, -0.25) is 24.7 Å². The molecule has 7 N–H and O–H groups in total. The highest BCUT2D eigenvalue weighted by Crippen LogP contribution is 2.45. The molecule has 41 heavy (non-hydrogen) atoms. The van der Waals surface area contributed by atoms with Crippen molar-refractivity contribution in [1.29, 1.82) is 5.41 Å². The van der Waals surface area contributed by atoms with Gasteiger partial charge in [0.15, 0.2) is 11.6 Å². The van der Waals surface area contributed by atoms with Crippen molar-refractivity contribution >= 4 is 23.7 Å². The number of nitrogens with zero attached hydrogens (tertiary/aromatic N) is 2. The molecule has 218 valence electrons. The maximum Gasteiger partial charge on any atom is 0.252 e. The molecule has 0 radical (unpaired) electrons. The average Bonchev–Trinajstić information content (AvgIpc) is 3.52. The molecule has 1 saturated carbocycles. The van der Waals surface area contributed by atoms with Crippen LogP contribution in [0.5, 0.6) is 0 Å². The van der Waals surface area contributed by atoms with Crippen LogP contribution in [0.3, 0.4) is 0 Å². The Labute approximate surface area is 238 Å². The van der Waals surface area contributed by atoms with Gasteiger partial charge in [0.25, 0.3) is 5.91 Å². The van der Waals surface area contributed by atoms with Gasteiger partial charge in [0, 0.05) is 12.1 Å². The van der Waals surface area contributed by atoms with Crippen LogP contribution in [0.15, 0.2) is 30.6 Å². The number of benzene rings is 1. The molecule has 5 fully saturated rings. The van der Waals surface area contributed by atoms with Gasteiger partial charge in [0.1, 0.15) is 6.04 Å². The molecule has 1 aromatic carbocycles. The Balaban J connectivity index is 1.17. The van der Waals surface area contributed by atoms with Gasteiger partial charge in [0.2, 0.25) is 17.6 Å². The third kappa shape index (κ3) is 3.66. The predicted molar refractivity (Wildman–Crippen MR) is 147 cm³/mol. The number of aliphatic hydroxyl groups is 2. The van der Waals surface area contributed by atoms with Crippen molar-refractivity contribution in [3.63, 3.8) is 0 Å². The van der Waals surface area contributed by atoms with Crippen molar-refractivity contribution in [1.82, 2.24) is 31.1 Å². The van der Waals surface area contributed by atoms with Gasteiger partial charge in [-0.1, -0.05) is 31.6 Å². The molecule has 6 atom stereocenters. The number of likely N-dealkylation sites (tertiary alicyclic amines) is 1. The monoisotopic (exact) mass is 563 g/mol. The molecule has 4 saturated heterocycles. The Bertz CT molecular complexity index is 1340. The van der Waals surface area contributed by atoms with E-state index >= 15 is 0 Å². The fourth-order valence-electron chi connectivity index (χ4n) is 8.24. The summed E-state index contributed by atoms with van der Waals surface area (Å²) in [6.07, 6.45) is 7.00. The second-order valence-corrected chi connectivity index (χ2v) is 12.4. The number of hydrogen-bond acceptors (Lipinski definition) is 8. The number of rotatable bonds is 4. The summed E-state index contributed by atoms with van der Waals surface area (Å²) in [5, 5.41) is 44.6. The average molecular weight is 564 g/mol. The molecule has 1 aromatic rings. The maximum atomic E-state index is 13.5. The van der Waals surface area contributed by atoms with E-state index in [1.54, 1.807) is 6.07 Å². The highest BCUT2D eigenvalue weighted by atomic mass is 16.5. The van der Waals surface area contributed by atoms with Gasteiger partial charge in [-0.25, -0.2) is 0 Å². The van der Waals surface area contributed by atoms with E-state index in [9.17, 15) is 24.6 Å². The first kappa shape index (κ1) is 26.3. The minimum atomic E-state index is -2.55. The molecule has 2 unspecified atom stereocenters. The normalized spacial score (nSPS) is 35.1. The molecule has 1 spiro atoms. The quantitative estimate of drug-likeness (QED) is 0.188. The second kappa shape index (κ2) is 9.18. The molecule has 12 nitrogen and oxygen atoms in total. The second-order valence-electron chi connectivity index (χ2n) is 12.4. The third-order valence-corrected chi connectivity index (χ3v) is 10.2. The number of guanidine groups is 1. The molecule has 2 aliphatic carbocycles. The Morgan fingerprint density at radius 2 is 1.78 bits per heavy atom. The zero-order chi connectivity index (χ0) is 28.7. The van der Waals surface area contributed by atoms with E-state index in [1.165, 1.54) is 9.80 Å². The zero-order valence-electron chi connectivity index (χ0n) is 22.9. The molecule has 6 aliphatic rings. The van der Waals surface area contributed by atoms with Crippen LogP contribution in [0.1, 0.15) is 60.0 Å². The van der Waals surface area contributed by atoms with E-state index in [4.69, 9.17) is 5.41 Å². The molecule has 12 heteroatoms. The number of carbonyl (C=O) groups is 3. The molecular weight excluding hydrogens is 526 g/mol. The van der Waals surface area contributed by atoms with Gasteiger partial charge in [-0.2, -0.15) is 0 Å². The molecule has 4 aliphatic heterocycles. The van der Waals surface area contributed by atoms with Crippen LogP contribution < -0.4 is 21.3 Å². The lowest BCUT2D eigenvalue weighted by atomic mass is 9.81. The summed E-state index contributed by atoms with van der Waals surface area (Å²) < 4.78 is 0. The van der Waals surface area contributed by atoms with Crippen molar-refractivity contribution in [2.24, 2.45) is 11.8 Å². The van der Waals surface area contributed by atoms with Gasteiger partial charge < -0.3 is 36.4 Å². The van der Waals surface area contributed by atoms with Crippen LogP contribution in [-0.2, 0) is 22.4 Å². The lowest BCUT2D eigenvalue weighted by molar-refractivity contribution is -0.233. The summed E-state index contributed by atoms with van der Waals surface area (Å²) in [6.45, 7) is 3.87. The van der Waals surface area contributed by atoms with Crippen LogP contribution in [0, 0.1) is 17.2 Å². The Morgan fingerprint density at radius 1 is 1.07 bits per heavy atom. The minimum Gasteiger partial charge on any atom is -0.363 e. The van der Waals surface area contributed by atoms with Crippen LogP contribution in [0.4, 0.5) is 0 Å². The van der Waals surface area contributed by atoms with Crippen molar-refractivity contribution < 1.29 is 24.6 Å². The standard InChI is InChI=1S/C29H37N7O5/c1-15-31-23-21(13-35-25(38)19-10-4-5-11-20(19)26(35)39)32-27(30)36-14-22(29(40,41)28(23,36)34-15)33-24(37)18-12-6-8-16-7-2-3-9-17(16)18/h6,8,12,19-23,31,34,40-41H,1-5,7,9-11,13-14H2,(H2,30,32)(H,33,37)/t19?,20?,21-,22-,23-,28-/m0/s1. The van der Waals surface area contributed by atoms with Crippen molar-refractivity contribution in [2.75, 3.05) is 13.1 Å². The van der Waals surface area contributed by atoms with E-state index in [2.05, 4.69) is 27.8 Å². The van der Waals surface area contributed by atoms with E-state index in [1.807, 2.05) is 12.1 Å². The molecule has 0 aromatic heterocycles. The highest BCUT2D eigenvalue weighted by Gasteiger charge is 2.74. The lowest BCUT2D eigenvalue weighted by Crippen LogP contribution is -2.81. The Hall–Kier alpha value is -3.64. The van der Waals surface area contributed by atoms with Crippen LogP contribution >= 0.6 is 0 Å². The zero-order valence-corrected chi connectivity index (χ0v) is 22.9. The molecule has 4 heterocycles. The van der Waals surface area contributed by atoms with E-state index in [0.29, 0.717) is 24.2 Å². The van der Waals surface area contributed by atoms with Gasteiger partial charge in [-0.05, 0) is 55.7 Å². The summed E-state index contributed by atoms with van der Waals surface area (Å²) in [6, 6.07) is 2.98. The summed E-state index contributed by atoms with van der Waals surface area (Å²) in [7, 11) is 0. The van der Waals surface area contributed by atoms with Crippen molar-refractivity contribution in [3.8, 4) is 0 Å². The number of imide groups is 1. The SMILES string of the molecule is C=C1N[C@H]2[C@H](CN3C(=O)C4CCCCC4C3=O)NC(=N)N3C[C@H](NC(=O)c4cccc5c4CCCC5)C(O)(O)[C@]23N1. The number of aryl methyl sites for hydroxylation is 1.